The molecule has 3 aromatic carbocycles. The molecular weight excluding hydrogens is 463 g/mol. The third-order valence-electron chi connectivity index (χ3n) is 4.54. The van der Waals surface area contributed by atoms with Gasteiger partial charge in [-0.1, -0.05) is 24.3 Å². The molecule has 0 aliphatic carbocycles. The molecule has 174 valence electrons. The summed E-state index contributed by atoms with van der Waals surface area (Å²) in [7, 11) is 0. The molecule has 0 heterocycles. The Morgan fingerprint density at radius 1 is 0.818 bits per heavy atom. The van der Waals surface area contributed by atoms with Gasteiger partial charge < -0.3 is 4.74 Å². The fraction of sp³-hybridized carbons (Fsp3) is 0.130. The molecule has 0 aliphatic heterocycles. The highest BCUT2D eigenvalue weighted by atomic mass is 19.4. The van der Waals surface area contributed by atoms with Gasteiger partial charge in [-0.3, -0.25) is 0 Å². The molecule has 0 amide bonds. The number of aryl methyl sites for hydroxylation is 1. The molecular formula is C23H13F9O. The molecule has 1 nitrogen and oxygen atoms in total. The maximum absolute atomic E-state index is 14.5. The summed E-state index contributed by atoms with van der Waals surface area (Å²) in [6.45, 7) is 1.36. The lowest BCUT2D eigenvalue weighted by atomic mass is 10.0. The Bertz CT molecular complexity index is 1200. The van der Waals surface area contributed by atoms with Gasteiger partial charge in [0.2, 0.25) is 0 Å². The van der Waals surface area contributed by atoms with Gasteiger partial charge in [-0.25, -0.2) is 17.6 Å². The summed E-state index contributed by atoms with van der Waals surface area (Å²) in [5, 5.41) is 0. The lowest BCUT2D eigenvalue weighted by molar-refractivity contribution is -0.185. The van der Waals surface area contributed by atoms with Crippen molar-refractivity contribution in [2.45, 2.75) is 19.2 Å². The summed E-state index contributed by atoms with van der Waals surface area (Å²) in [4.78, 5) is 0. The van der Waals surface area contributed by atoms with Crippen molar-refractivity contribution >= 4 is 5.83 Å². The van der Waals surface area contributed by atoms with Gasteiger partial charge in [0.25, 0.3) is 0 Å². The predicted octanol–water partition coefficient (Wildman–Crippen LogP) is 8.08. The largest absolute Gasteiger partial charge is 0.429 e. The van der Waals surface area contributed by atoms with Crippen LogP contribution in [0.15, 0.2) is 60.7 Å². The Balaban J connectivity index is 1.83. The topological polar surface area (TPSA) is 9.23 Å². The molecule has 3 aromatic rings. The Kier molecular flexibility index (Phi) is 6.49. The smallest absolute Gasteiger partial charge is 0.426 e. The van der Waals surface area contributed by atoms with Crippen molar-refractivity contribution in [3.63, 3.8) is 0 Å². The van der Waals surface area contributed by atoms with E-state index in [1.807, 2.05) is 0 Å². The minimum Gasteiger partial charge on any atom is -0.429 e. The van der Waals surface area contributed by atoms with E-state index in [-0.39, 0.29) is 16.7 Å². The van der Waals surface area contributed by atoms with Crippen LogP contribution in [0.5, 0.6) is 5.75 Å². The van der Waals surface area contributed by atoms with E-state index in [1.54, 1.807) is 0 Å². The zero-order valence-corrected chi connectivity index (χ0v) is 16.6. The number of alkyl halides is 5. The van der Waals surface area contributed by atoms with Gasteiger partial charge in [-0.2, -0.15) is 22.0 Å². The van der Waals surface area contributed by atoms with Gasteiger partial charge in [0.05, 0.1) is 11.6 Å². The number of allylic oxidation sites excluding steroid dienone is 1. The first-order valence-electron chi connectivity index (χ1n) is 9.16. The van der Waals surface area contributed by atoms with Crippen molar-refractivity contribution in [3.05, 3.63) is 94.8 Å². The van der Waals surface area contributed by atoms with Crippen molar-refractivity contribution in [1.29, 1.82) is 0 Å². The highest BCUT2D eigenvalue weighted by Crippen LogP contribution is 2.35. The number of ether oxygens (including phenoxy) is 1. The third kappa shape index (κ3) is 5.50. The van der Waals surface area contributed by atoms with E-state index in [9.17, 15) is 39.5 Å². The zero-order chi connectivity index (χ0) is 24.6. The van der Waals surface area contributed by atoms with E-state index in [0.717, 1.165) is 24.3 Å². The number of hydrogen-bond donors (Lipinski definition) is 0. The lowest BCUT2D eigenvalue weighted by Crippen LogP contribution is -2.21. The summed E-state index contributed by atoms with van der Waals surface area (Å²) in [5.74, 6) is -6.48. The van der Waals surface area contributed by atoms with E-state index in [2.05, 4.69) is 4.74 Å². The van der Waals surface area contributed by atoms with Gasteiger partial charge in [-0.15, -0.1) is 0 Å². The van der Waals surface area contributed by atoms with Gasteiger partial charge in [-0.05, 0) is 42.3 Å². The first-order valence-corrected chi connectivity index (χ1v) is 9.16. The third-order valence-corrected chi connectivity index (χ3v) is 4.54. The van der Waals surface area contributed by atoms with Gasteiger partial charge >= 0.3 is 12.3 Å². The van der Waals surface area contributed by atoms with Crippen LogP contribution in [0.25, 0.3) is 17.0 Å². The summed E-state index contributed by atoms with van der Waals surface area (Å²) >= 11 is 0. The van der Waals surface area contributed by atoms with Crippen molar-refractivity contribution in [2.24, 2.45) is 0 Å². The van der Waals surface area contributed by atoms with Crippen molar-refractivity contribution in [1.82, 2.24) is 0 Å². The fourth-order valence-corrected chi connectivity index (χ4v) is 2.89. The van der Waals surface area contributed by atoms with Crippen LogP contribution in [-0.4, -0.2) is 6.18 Å². The average molecular weight is 476 g/mol. The van der Waals surface area contributed by atoms with Gasteiger partial charge in [0.15, 0.2) is 11.6 Å². The maximum Gasteiger partial charge on any atom is 0.426 e. The van der Waals surface area contributed by atoms with Crippen LogP contribution in [0.1, 0.15) is 16.7 Å². The summed E-state index contributed by atoms with van der Waals surface area (Å²) in [6, 6.07) is 8.07. The second-order valence-electron chi connectivity index (χ2n) is 6.93. The van der Waals surface area contributed by atoms with E-state index >= 15 is 0 Å². The first-order chi connectivity index (χ1) is 15.3. The number of halogens is 9. The molecule has 0 saturated carbocycles. The summed E-state index contributed by atoms with van der Waals surface area (Å²) in [5.41, 5.74) is -1.79. The van der Waals surface area contributed by atoms with Gasteiger partial charge in [0, 0.05) is 17.2 Å². The minimum absolute atomic E-state index is 0.0693. The molecule has 3 rings (SSSR count). The SMILES string of the molecule is Cc1ccc(-c2ccc(C(F)(F)Oc3ccc(/C(F)=C/C(F)(F)F)c(F)c3)cc2)c(F)c1F. The maximum atomic E-state index is 14.5. The molecule has 0 aliphatic rings. The fourth-order valence-electron chi connectivity index (χ4n) is 2.89. The average Bonchev–Trinajstić information content (AvgIpc) is 2.71. The highest BCUT2D eigenvalue weighted by Gasteiger charge is 2.35. The standard InChI is InChI=1S/C23H13F9O/c1-12-2-8-16(21(27)20(12)26)13-3-5-14(6-4-13)23(31,32)33-15-7-9-17(18(24)10-15)19(25)11-22(28,29)30/h2-11H,1H3/b19-11-. The Morgan fingerprint density at radius 3 is 2.03 bits per heavy atom. The Hall–Kier alpha value is -3.43. The van der Waals surface area contributed by atoms with Crippen molar-refractivity contribution in [2.75, 3.05) is 0 Å². The quantitative estimate of drug-likeness (QED) is 0.338. The number of benzene rings is 3. The second-order valence-corrected chi connectivity index (χ2v) is 6.93. The van der Waals surface area contributed by atoms with Crippen LogP contribution >= 0.6 is 0 Å². The number of rotatable bonds is 5. The Labute approximate surface area is 181 Å². The van der Waals surface area contributed by atoms with Crippen LogP contribution in [0.4, 0.5) is 39.5 Å². The van der Waals surface area contributed by atoms with E-state index in [1.165, 1.54) is 19.1 Å². The predicted molar refractivity (Wildman–Crippen MR) is 103 cm³/mol. The Morgan fingerprint density at radius 2 is 1.45 bits per heavy atom. The normalized spacial score (nSPS) is 12.7. The molecule has 10 heteroatoms. The van der Waals surface area contributed by atoms with Crippen LogP contribution in [0.2, 0.25) is 0 Å². The zero-order valence-electron chi connectivity index (χ0n) is 16.6. The molecule has 0 unspecified atom stereocenters. The van der Waals surface area contributed by atoms with E-state index in [0.29, 0.717) is 18.2 Å². The van der Waals surface area contributed by atoms with Gasteiger partial charge in [0.1, 0.15) is 17.4 Å². The molecule has 0 N–H and O–H groups in total. The van der Waals surface area contributed by atoms with Crippen LogP contribution < -0.4 is 4.74 Å². The summed E-state index contributed by atoms with van der Waals surface area (Å²) < 4.78 is 125. The van der Waals surface area contributed by atoms with E-state index in [4.69, 9.17) is 0 Å². The molecule has 0 atom stereocenters. The lowest BCUT2D eigenvalue weighted by Gasteiger charge is -2.19. The molecule has 0 radical (unpaired) electrons. The molecule has 0 fully saturated rings. The monoisotopic (exact) mass is 476 g/mol. The molecule has 0 saturated heterocycles. The van der Waals surface area contributed by atoms with Crippen LogP contribution in [-0.2, 0) is 6.11 Å². The summed E-state index contributed by atoms with van der Waals surface area (Å²) in [6.07, 6.45) is -9.85. The minimum atomic E-state index is -5.04. The molecule has 0 bridgehead atoms. The van der Waals surface area contributed by atoms with E-state index < -0.39 is 58.5 Å². The first kappa shape index (κ1) is 24.2. The number of hydrogen-bond acceptors (Lipinski definition) is 1. The molecule has 0 spiro atoms. The molecule has 0 aromatic heterocycles. The second kappa shape index (κ2) is 8.84. The van der Waals surface area contributed by atoms with Crippen molar-refractivity contribution in [3.8, 4) is 16.9 Å². The van der Waals surface area contributed by atoms with Crippen LogP contribution in [0, 0.1) is 24.4 Å². The van der Waals surface area contributed by atoms with Crippen LogP contribution in [0.3, 0.4) is 0 Å². The molecule has 33 heavy (non-hydrogen) atoms. The highest BCUT2D eigenvalue weighted by molar-refractivity contribution is 5.65. The van der Waals surface area contributed by atoms with Crippen molar-refractivity contribution < 1.29 is 44.3 Å².